The zero-order valence-electron chi connectivity index (χ0n) is 27.9. The van der Waals surface area contributed by atoms with Crippen molar-refractivity contribution < 1.29 is 28.7 Å². The van der Waals surface area contributed by atoms with Gasteiger partial charge in [-0.1, -0.05) is 98.8 Å². The Morgan fingerprint density at radius 2 is 0.820 bits per heavy atom. The molecule has 6 atom stereocenters. The Kier molecular flexibility index (Phi) is 8.20. The van der Waals surface area contributed by atoms with Crippen LogP contribution in [0.2, 0.25) is 0 Å². The predicted octanol–water partition coefficient (Wildman–Crippen LogP) is 5.71. The zero-order valence-corrected chi connectivity index (χ0v) is 27.9. The van der Waals surface area contributed by atoms with E-state index in [2.05, 4.69) is 0 Å². The Bertz CT molecular complexity index is 1810. The van der Waals surface area contributed by atoms with Gasteiger partial charge in [0.1, 0.15) is 23.6 Å². The lowest BCUT2D eigenvalue weighted by Gasteiger charge is -2.36. The van der Waals surface area contributed by atoms with Crippen LogP contribution in [0.5, 0.6) is 11.5 Å². The molecule has 0 bridgehead atoms. The van der Waals surface area contributed by atoms with Gasteiger partial charge in [0, 0.05) is 0 Å². The maximum absolute atomic E-state index is 14.8. The van der Waals surface area contributed by atoms with Crippen LogP contribution in [-0.4, -0.2) is 58.9 Å². The Hall–Kier alpha value is -5.32. The van der Waals surface area contributed by atoms with Crippen LogP contribution in [0.3, 0.4) is 0 Å². The number of amides is 4. The fourth-order valence-electron chi connectivity index (χ4n) is 8.23. The van der Waals surface area contributed by atoms with Crippen molar-refractivity contribution in [3.63, 3.8) is 0 Å². The molecule has 0 radical (unpaired) electrons. The first-order chi connectivity index (χ1) is 24.5. The van der Waals surface area contributed by atoms with Crippen molar-refractivity contribution in [3.8, 4) is 11.5 Å². The number of carbonyl (C=O) groups excluding carboxylic acids is 4. The van der Waals surface area contributed by atoms with E-state index in [-0.39, 0.29) is 11.8 Å². The maximum atomic E-state index is 14.8. The number of anilines is 2. The summed E-state index contributed by atoms with van der Waals surface area (Å²) in [6.45, 7) is 4.85. The van der Waals surface area contributed by atoms with Gasteiger partial charge in [0.05, 0.1) is 48.5 Å². The minimum Gasteiger partial charge on any atom is -0.491 e. The third-order valence-electron chi connectivity index (χ3n) is 10.1. The summed E-state index contributed by atoms with van der Waals surface area (Å²) >= 11 is 0. The van der Waals surface area contributed by atoms with Crippen LogP contribution in [-0.2, 0) is 19.2 Å². The van der Waals surface area contributed by atoms with Crippen LogP contribution in [0.15, 0.2) is 109 Å². The van der Waals surface area contributed by atoms with Gasteiger partial charge in [-0.15, -0.1) is 0 Å². The smallest absolute Gasteiger partial charge is 0.253 e. The van der Waals surface area contributed by atoms with Gasteiger partial charge in [0.15, 0.2) is 0 Å². The molecule has 4 saturated heterocycles. The van der Waals surface area contributed by atoms with Gasteiger partial charge in [-0.05, 0) is 48.2 Å². The number of imide groups is 2. The van der Waals surface area contributed by atoms with Gasteiger partial charge in [-0.2, -0.15) is 0 Å². The number of hydrazine groups is 1. The summed E-state index contributed by atoms with van der Waals surface area (Å²) in [5, 5.41) is 3.77. The number of rotatable bonds is 10. The zero-order chi connectivity index (χ0) is 34.5. The average molecular weight is 671 g/mol. The number of benzene rings is 4. The highest BCUT2D eigenvalue weighted by atomic mass is 16.5. The quantitative estimate of drug-likeness (QED) is 0.198. The van der Waals surface area contributed by atoms with Gasteiger partial charge in [-0.25, -0.2) is 19.8 Å². The lowest BCUT2D eigenvalue weighted by molar-refractivity contribution is -0.136. The van der Waals surface area contributed by atoms with Gasteiger partial charge >= 0.3 is 0 Å². The first-order valence-corrected chi connectivity index (χ1v) is 17.3. The largest absolute Gasteiger partial charge is 0.491 e. The molecule has 4 heterocycles. The minimum atomic E-state index is -0.961. The number of fused-ring (bicyclic) bond motifs is 5. The minimum absolute atomic E-state index is 0.369. The fourth-order valence-corrected chi connectivity index (χ4v) is 8.23. The van der Waals surface area contributed by atoms with Crippen LogP contribution in [0.4, 0.5) is 11.4 Å². The molecule has 10 heteroatoms. The third kappa shape index (κ3) is 4.77. The number of hydrogen-bond acceptors (Lipinski definition) is 8. The molecular weight excluding hydrogens is 632 g/mol. The first kappa shape index (κ1) is 31.9. The fraction of sp³-hybridized carbons (Fsp3) is 0.300. The molecule has 4 aromatic carbocycles. The molecule has 0 unspecified atom stereocenters. The van der Waals surface area contributed by atoms with Gasteiger partial charge in [0.25, 0.3) is 11.8 Å². The van der Waals surface area contributed by atoms with Crippen LogP contribution < -0.4 is 19.3 Å². The molecule has 10 nitrogen and oxygen atoms in total. The van der Waals surface area contributed by atoms with E-state index in [0.717, 1.165) is 24.0 Å². The second-order valence-corrected chi connectivity index (χ2v) is 13.1. The SMILES string of the molecule is CCCOc1ccccc1N1C(=O)[C@@H]2[C@@H](C1=O)N1[C@H](c3ccccc3)[C@@H]3C(=O)N(c4ccccc4OCCC)C(=O)[C@@H]3N1[C@@H]2c1ccccc1. The van der Waals surface area contributed by atoms with Gasteiger partial charge in [-0.3, -0.25) is 19.2 Å². The van der Waals surface area contributed by atoms with Gasteiger partial charge in [0.2, 0.25) is 11.8 Å². The van der Waals surface area contributed by atoms with E-state index >= 15 is 0 Å². The van der Waals surface area contributed by atoms with E-state index in [1.807, 2.05) is 96.7 Å². The Morgan fingerprint density at radius 3 is 1.20 bits per heavy atom. The third-order valence-corrected chi connectivity index (χ3v) is 10.1. The van der Waals surface area contributed by atoms with E-state index in [4.69, 9.17) is 9.47 Å². The lowest BCUT2D eigenvalue weighted by atomic mass is 9.84. The van der Waals surface area contributed by atoms with Crippen molar-refractivity contribution in [2.75, 3.05) is 23.0 Å². The molecule has 4 aliphatic rings. The molecule has 0 aliphatic carbocycles. The molecule has 0 aromatic heterocycles. The van der Waals surface area contributed by atoms with E-state index in [0.29, 0.717) is 36.1 Å². The van der Waals surface area contributed by atoms with E-state index < -0.39 is 47.8 Å². The number of ether oxygens (including phenoxy) is 2. The molecule has 254 valence electrons. The molecular formula is C40H38N4O6. The second kappa shape index (κ2) is 12.9. The summed E-state index contributed by atoms with van der Waals surface area (Å²) in [7, 11) is 0. The van der Waals surface area contributed by atoms with Crippen LogP contribution >= 0.6 is 0 Å². The van der Waals surface area contributed by atoms with Crippen molar-refractivity contribution >= 4 is 35.0 Å². The van der Waals surface area contributed by atoms with Crippen molar-refractivity contribution in [1.29, 1.82) is 0 Å². The molecule has 4 aliphatic heterocycles. The van der Waals surface area contributed by atoms with E-state index in [9.17, 15) is 19.2 Å². The van der Waals surface area contributed by atoms with Crippen LogP contribution in [0.25, 0.3) is 0 Å². The maximum Gasteiger partial charge on any atom is 0.253 e. The molecule has 4 amide bonds. The molecule has 8 rings (SSSR count). The van der Waals surface area contributed by atoms with Crippen LogP contribution in [0, 0.1) is 11.8 Å². The number of hydrogen-bond donors (Lipinski definition) is 0. The standard InChI is InChI=1S/C40H38N4O6/c1-3-23-49-29-21-13-11-19-27(29)41-37(45)31-33(25-15-7-5-8-16-25)44-36-32(34(26-17-9-6-10-18-26)43(44)35(31)39(41)47)38(46)42(40(36)48)28-20-12-14-22-30(28)50-24-4-2/h5-22,31-36H,3-4,23-24H2,1-2H3/t31-,32-,33+,34+,35-,36+/m0/s1. The first-order valence-electron chi connectivity index (χ1n) is 17.3. The summed E-state index contributed by atoms with van der Waals surface area (Å²) < 4.78 is 12.0. The lowest BCUT2D eigenvalue weighted by Crippen LogP contribution is -2.50. The van der Waals surface area contributed by atoms with Crippen molar-refractivity contribution in [3.05, 3.63) is 120 Å². The Morgan fingerprint density at radius 1 is 0.460 bits per heavy atom. The highest BCUT2D eigenvalue weighted by Crippen LogP contribution is 2.60. The van der Waals surface area contributed by atoms with Crippen molar-refractivity contribution in [2.24, 2.45) is 11.8 Å². The summed E-state index contributed by atoms with van der Waals surface area (Å²) in [6, 6.07) is 29.9. The van der Waals surface area contributed by atoms with Crippen molar-refractivity contribution in [1.82, 2.24) is 10.0 Å². The number of carbonyl (C=O) groups is 4. The van der Waals surface area contributed by atoms with Crippen LogP contribution in [0.1, 0.15) is 49.9 Å². The highest BCUT2D eigenvalue weighted by molar-refractivity contribution is 6.26. The molecule has 4 fully saturated rings. The van der Waals surface area contributed by atoms with E-state index in [1.54, 1.807) is 36.4 Å². The average Bonchev–Trinajstić information content (AvgIpc) is 3.82. The Labute approximate surface area is 290 Å². The van der Waals surface area contributed by atoms with Gasteiger partial charge < -0.3 is 9.47 Å². The monoisotopic (exact) mass is 670 g/mol. The highest BCUT2D eigenvalue weighted by Gasteiger charge is 2.73. The molecule has 0 N–H and O–H groups in total. The summed E-state index contributed by atoms with van der Waals surface area (Å²) in [5.74, 6) is -2.36. The Balaban J connectivity index is 1.29. The summed E-state index contributed by atoms with van der Waals surface area (Å²) in [4.78, 5) is 61.7. The molecule has 0 spiro atoms. The topological polar surface area (TPSA) is 99.7 Å². The second-order valence-electron chi connectivity index (χ2n) is 13.1. The normalized spacial score (nSPS) is 26.0. The molecule has 50 heavy (non-hydrogen) atoms. The molecule has 4 aromatic rings. The summed E-state index contributed by atoms with van der Waals surface area (Å²) in [5.41, 5.74) is 2.34. The predicted molar refractivity (Wildman–Crippen MR) is 186 cm³/mol. The van der Waals surface area contributed by atoms with Crippen molar-refractivity contribution in [2.45, 2.75) is 50.9 Å². The number of para-hydroxylation sites is 4. The van der Waals surface area contributed by atoms with E-state index in [1.165, 1.54) is 9.80 Å². The number of nitrogens with zero attached hydrogens (tertiary/aromatic N) is 4. The summed E-state index contributed by atoms with van der Waals surface area (Å²) in [6.07, 6.45) is 1.52. The molecule has 0 saturated carbocycles.